The second-order valence-electron chi connectivity index (χ2n) is 9.30. The van der Waals surface area contributed by atoms with Crippen LogP contribution in [-0.2, 0) is 9.59 Å². The van der Waals surface area contributed by atoms with Crippen LogP contribution in [0.3, 0.4) is 0 Å². The number of nitrogens with zero attached hydrogens (tertiary/aromatic N) is 3. The van der Waals surface area contributed by atoms with E-state index >= 15 is 0 Å². The number of amides is 1. The summed E-state index contributed by atoms with van der Waals surface area (Å²) in [4.78, 5) is 43.7. The SMILES string of the molecule is Cc1cc(C)c2nc(N3C(=O)C(=O)C(=C(O)c4ccc5c(c4)OCCO5)[C@H]3c3ccc([N+](=O)[O-])cc3)sc2c1. The van der Waals surface area contributed by atoms with Crippen molar-refractivity contribution in [3.05, 3.63) is 92.5 Å². The summed E-state index contributed by atoms with van der Waals surface area (Å²) in [5.41, 5.74) is 3.03. The van der Waals surface area contributed by atoms with Gasteiger partial charge in [0, 0.05) is 17.7 Å². The van der Waals surface area contributed by atoms with Gasteiger partial charge >= 0.3 is 5.91 Å². The van der Waals surface area contributed by atoms with E-state index in [1.165, 1.54) is 40.5 Å². The number of carbonyl (C=O) groups is 2. The van der Waals surface area contributed by atoms with Gasteiger partial charge in [0.1, 0.15) is 19.0 Å². The Morgan fingerprint density at radius 1 is 1.05 bits per heavy atom. The Kier molecular flexibility index (Phi) is 5.80. The molecular formula is C28H21N3O7S. The average Bonchev–Trinajstić information content (AvgIpc) is 3.46. The summed E-state index contributed by atoms with van der Waals surface area (Å²) in [6.07, 6.45) is 0. The van der Waals surface area contributed by atoms with Gasteiger partial charge in [-0.3, -0.25) is 24.6 Å². The van der Waals surface area contributed by atoms with E-state index in [1.807, 2.05) is 26.0 Å². The number of non-ortho nitro benzene ring substituents is 1. The molecule has 1 N–H and O–H groups in total. The van der Waals surface area contributed by atoms with Gasteiger partial charge < -0.3 is 14.6 Å². The number of Topliss-reactive ketones (excluding diaryl/α,β-unsaturated/α-hetero) is 1. The molecule has 2 aliphatic rings. The monoisotopic (exact) mass is 543 g/mol. The molecule has 39 heavy (non-hydrogen) atoms. The smallest absolute Gasteiger partial charge is 0.301 e. The summed E-state index contributed by atoms with van der Waals surface area (Å²) >= 11 is 1.26. The normalized spacial score (nSPS) is 18.1. The van der Waals surface area contributed by atoms with Crippen LogP contribution >= 0.6 is 11.3 Å². The highest BCUT2D eigenvalue weighted by Crippen LogP contribution is 2.45. The maximum atomic E-state index is 13.5. The quantitative estimate of drug-likeness (QED) is 0.122. The van der Waals surface area contributed by atoms with Gasteiger partial charge in [-0.25, -0.2) is 4.98 Å². The molecule has 0 saturated carbocycles. The Labute approximate surface area is 225 Å². The number of rotatable bonds is 4. The molecule has 11 heteroatoms. The molecule has 0 radical (unpaired) electrons. The van der Waals surface area contributed by atoms with E-state index < -0.39 is 28.4 Å². The summed E-state index contributed by atoms with van der Waals surface area (Å²) in [5.74, 6) is -1.23. The molecular weight excluding hydrogens is 522 g/mol. The van der Waals surface area contributed by atoms with E-state index in [1.54, 1.807) is 18.2 Å². The van der Waals surface area contributed by atoms with E-state index in [4.69, 9.17) is 9.47 Å². The summed E-state index contributed by atoms with van der Waals surface area (Å²) in [6, 6.07) is 13.2. The number of hydrogen-bond donors (Lipinski definition) is 1. The minimum Gasteiger partial charge on any atom is -0.507 e. The van der Waals surface area contributed by atoms with Crippen LogP contribution in [-0.4, -0.2) is 39.9 Å². The first-order valence-electron chi connectivity index (χ1n) is 12.1. The van der Waals surface area contributed by atoms with Crippen LogP contribution in [0.15, 0.2) is 60.2 Å². The number of aromatic nitrogens is 1. The predicted octanol–water partition coefficient (Wildman–Crippen LogP) is 5.22. The van der Waals surface area contributed by atoms with Gasteiger partial charge in [-0.1, -0.05) is 17.4 Å². The first-order valence-corrected chi connectivity index (χ1v) is 12.9. The minimum atomic E-state index is -1.07. The van der Waals surface area contributed by atoms with Crippen LogP contribution < -0.4 is 14.4 Å². The molecule has 0 unspecified atom stereocenters. The molecule has 1 amide bonds. The van der Waals surface area contributed by atoms with E-state index in [0.29, 0.717) is 35.8 Å². The zero-order chi connectivity index (χ0) is 27.4. The fraction of sp³-hybridized carbons (Fsp3) is 0.179. The van der Waals surface area contributed by atoms with E-state index in [0.717, 1.165) is 15.8 Å². The fourth-order valence-corrected chi connectivity index (χ4v) is 6.10. The molecule has 2 aliphatic heterocycles. The van der Waals surface area contributed by atoms with Crippen molar-refractivity contribution < 1.29 is 29.1 Å². The molecule has 4 aromatic rings. The van der Waals surface area contributed by atoms with Crippen LogP contribution in [0, 0.1) is 24.0 Å². The molecule has 0 spiro atoms. The maximum absolute atomic E-state index is 13.5. The number of hydrogen-bond acceptors (Lipinski definition) is 9. The molecule has 1 saturated heterocycles. The number of anilines is 1. The van der Waals surface area contributed by atoms with E-state index in [2.05, 4.69) is 4.98 Å². The second kappa shape index (κ2) is 9.21. The van der Waals surface area contributed by atoms with Crippen LogP contribution in [0.5, 0.6) is 11.5 Å². The number of benzene rings is 3. The lowest BCUT2D eigenvalue weighted by Gasteiger charge is -2.23. The number of ketones is 1. The van der Waals surface area contributed by atoms with Gasteiger partial charge in [-0.15, -0.1) is 0 Å². The van der Waals surface area contributed by atoms with Crippen LogP contribution in [0.4, 0.5) is 10.8 Å². The summed E-state index contributed by atoms with van der Waals surface area (Å²) in [5, 5.41) is 23.0. The molecule has 3 aromatic carbocycles. The van der Waals surface area contributed by atoms with E-state index in [9.17, 15) is 24.8 Å². The van der Waals surface area contributed by atoms with Crippen LogP contribution in [0.2, 0.25) is 0 Å². The van der Waals surface area contributed by atoms with Crippen molar-refractivity contribution in [3.8, 4) is 11.5 Å². The zero-order valence-corrected chi connectivity index (χ0v) is 21.7. The maximum Gasteiger partial charge on any atom is 0.301 e. The molecule has 6 rings (SSSR count). The molecule has 196 valence electrons. The highest BCUT2D eigenvalue weighted by Gasteiger charge is 2.48. The Morgan fingerprint density at radius 3 is 2.49 bits per heavy atom. The number of nitro benzene ring substituents is 1. The third kappa shape index (κ3) is 4.07. The third-order valence-electron chi connectivity index (χ3n) is 6.70. The Balaban J connectivity index is 1.55. The first-order chi connectivity index (χ1) is 18.7. The highest BCUT2D eigenvalue weighted by atomic mass is 32.1. The lowest BCUT2D eigenvalue weighted by molar-refractivity contribution is -0.384. The highest BCUT2D eigenvalue weighted by molar-refractivity contribution is 7.22. The topological polar surface area (TPSA) is 132 Å². The largest absolute Gasteiger partial charge is 0.507 e. The number of carbonyl (C=O) groups excluding carboxylic acids is 2. The lowest BCUT2D eigenvalue weighted by Crippen LogP contribution is -2.29. The lowest BCUT2D eigenvalue weighted by atomic mass is 9.95. The number of aliphatic hydroxyl groups excluding tert-OH is 1. The first kappa shape index (κ1) is 24.6. The van der Waals surface area contributed by atoms with Gasteiger partial charge in [0.25, 0.3) is 11.5 Å². The Bertz CT molecular complexity index is 1730. The van der Waals surface area contributed by atoms with Gasteiger partial charge in [0.15, 0.2) is 16.6 Å². The van der Waals surface area contributed by atoms with Crippen molar-refractivity contribution >= 4 is 49.8 Å². The Morgan fingerprint density at radius 2 is 1.77 bits per heavy atom. The van der Waals surface area contributed by atoms with Crippen molar-refractivity contribution in [1.29, 1.82) is 0 Å². The zero-order valence-electron chi connectivity index (χ0n) is 20.8. The molecule has 1 atom stereocenters. The number of thiazole rings is 1. The number of aliphatic hydroxyl groups is 1. The predicted molar refractivity (Wildman–Crippen MR) is 144 cm³/mol. The molecule has 1 aromatic heterocycles. The number of nitro groups is 1. The van der Waals surface area contributed by atoms with Gasteiger partial charge in [-0.2, -0.15) is 0 Å². The van der Waals surface area contributed by atoms with Crippen molar-refractivity contribution in [1.82, 2.24) is 4.98 Å². The van der Waals surface area contributed by atoms with Crippen molar-refractivity contribution in [2.75, 3.05) is 18.1 Å². The minimum absolute atomic E-state index is 0.145. The summed E-state index contributed by atoms with van der Waals surface area (Å²) in [6.45, 7) is 4.61. The number of fused-ring (bicyclic) bond motifs is 2. The van der Waals surface area contributed by atoms with Crippen molar-refractivity contribution in [2.24, 2.45) is 0 Å². The molecule has 0 bridgehead atoms. The molecule has 0 aliphatic carbocycles. The number of aryl methyl sites for hydroxylation is 2. The van der Waals surface area contributed by atoms with Crippen LogP contribution in [0.1, 0.15) is 28.3 Å². The van der Waals surface area contributed by atoms with Gasteiger partial charge in [0.05, 0.1) is 26.8 Å². The molecule has 3 heterocycles. The van der Waals surface area contributed by atoms with Crippen molar-refractivity contribution in [3.63, 3.8) is 0 Å². The van der Waals surface area contributed by atoms with E-state index in [-0.39, 0.29) is 22.0 Å². The number of ether oxygens (including phenoxy) is 2. The molecule has 10 nitrogen and oxygen atoms in total. The van der Waals surface area contributed by atoms with Crippen molar-refractivity contribution in [2.45, 2.75) is 19.9 Å². The van der Waals surface area contributed by atoms with Gasteiger partial charge in [-0.05, 0) is 66.9 Å². The standard InChI is InChI=1S/C28H21N3O7S/c1-14-11-15(2)23-21(12-14)39-28(29-23)30-24(16-3-6-18(7-4-16)31(35)36)22(26(33)27(30)34)25(32)17-5-8-19-20(13-17)38-10-9-37-19/h3-8,11-13,24,32H,9-10H2,1-2H3/t24-/m1/s1. The second-order valence-corrected chi connectivity index (χ2v) is 10.3. The third-order valence-corrected chi connectivity index (χ3v) is 7.71. The Hall–Kier alpha value is -4.77. The average molecular weight is 544 g/mol. The molecule has 1 fully saturated rings. The summed E-state index contributed by atoms with van der Waals surface area (Å²) in [7, 11) is 0. The fourth-order valence-electron chi connectivity index (χ4n) is 4.93. The van der Waals surface area contributed by atoms with Gasteiger partial charge in [0.2, 0.25) is 0 Å². The van der Waals surface area contributed by atoms with Crippen LogP contribution in [0.25, 0.3) is 16.0 Å². The summed E-state index contributed by atoms with van der Waals surface area (Å²) < 4.78 is 12.0.